The lowest BCUT2D eigenvalue weighted by Crippen LogP contribution is -2.04. The molecule has 5 nitrogen and oxygen atoms in total. The number of fused-ring (bicyclic) bond motifs is 1. The first-order valence-corrected chi connectivity index (χ1v) is 7.68. The Balaban J connectivity index is 0.000000181. The number of carbonyl (C=O) groups is 2. The maximum absolute atomic E-state index is 11.3. The lowest BCUT2D eigenvalue weighted by molar-refractivity contribution is -0.116. The molecule has 3 rings (SSSR count). The van der Waals surface area contributed by atoms with Crippen molar-refractivity contribution >= 4 is 22.5 Å². The Morgan fingerprint density at radius 2 is 1.68 bits per heavy atom. The first-order chi connectivity index (χ1) is 11.9. The molecule has 1 aromatic heterocycles. The number of ketones is 2. The predicted octanol–water partition coefficient (Wildman–Crippen LogP) is 3.66. The van der Waals surface area contributed by atoms with Crippen LogP contribution in [0.2, 0.25) is 0 Å². The molecule has 0 aliphatic rings. The van der Waals surface area contributed by atoms with Crippen molar-refractivity contribution in [2.75, 3.05) is 0 Å². The number of para-hydroxylation sites is 2. The van der Waals surface area contributed by atoms with Gasteiger partial charge in [0.15, 0.2) is 11.2 Å². The van der Waals surface area contributed by atoms with E-state index in [0.29, 0.717) is 16.7 Å². The van der Waals surface area contributed by atoms with Gasteiger partial charge in [-0.1, -0.05) is 24.3 Å². The van der Waals surface area contributed by atoms with E-state index in [0.717, 1.165) is 0 Å². The first kappa shape index (κ1) is 18.1. The van der Waals surface area contributed by atoms with Crippen LogP contribution in [-0.2, 0) is 4.79 Å². The Morgan fingerprint density at radius 3 is 2.36 bits per heavy atom. The van der Waals surface area contributed by atoms with Crippen molar-refractivity contribution in [2.45, 2.75) is 20.3 Å². The molecule has 0 bridgehead atoms. The van der Waals surface area contributed by atoms with Crippen LogP contribution in [0.4, 0.5) is 0 Å². The highest BCUT2D eigenvalue weighted by Gasteiger charge is 2.11. The summed E-state index contributed by atoms with van der Waals surface area (Å²) in [5.74, 6) is 0.0336. The average molecular weight is 338 g/mol. The molecule has 128 valence electrons. The van der Waals surface area contributed by atoms with E-state index < -0.39 is 0 Å². The van der Waals surface area contributed by atoms with E-state index in [1.165, 1.54) is 25.1 Å². The van der Waals surface area contributed by atoms with Crippen molar-refractivity contribution in [1.82, 2.24) is 0 Å². The minimum atomic E-state index is -0.342. The number of benzene rings is 2. The molecule has 1 heterocycles. The van der Waals surface area contributed by atoms with Crippen molar-refractivity contribution < 1.29 is 19.1 Å². The van der Waals surface area contributed by atoms with Crippen LogP contribution in [0.1, 0.15) is 29.5 Å². The van der Waals surface area contributed by atoms with Crippen LogP contribution in [0, 0.1) is 6.92 Å². The normalized spacial score (nSPS) is 10.0. The second kappa shape index (κ2) is 8.06. The molecular weight excluding hydrogens is 320 g/mol. The molecule has 3 aromatic rings. The lowest BCUT2D eigenvalue weighted by Gasteiger charge is -2.00. The predicted molar refractivity (Wildman–Crippen MR) is 95.0 cm³/mol. The van der Waals surface area contributed by atoms with Crippen molar-refractivity contribution in [2.24, 2.45) is 0 Å². The fourth-order valence-corrected chi connectivity index (χ4v) is 2.26. The fourth-order valence-electron chi connectivity index (χ4n) is 2.26. The van der Waals surface area contributed by atoms with Gasteiger partial charge >= 0.3 is 0 Å². The highest BCUT2D eigenvalue weighted by Crippen LogP contribution is 2.17. The molecule has 0 saturated carbocycles. The maximum Gasteiger partial charge on any atom is 0.192 e. The van der Waals surface area contributed by atoms with Gasteiger partial charge in [0, 0.05) is 6.07 Å². The quantitative estimate of drug-likeness (QED) is 0.582. The summed E-state index contributed by atoms with van der Waals surface area (Å²) < 4.78 is 5.34. The van der Waals surface area contributed by atoms with Crippen molar-refractivity contribution in [3.05, 3.63) is 76.1 Å². The van der Waals surface area contributed by atoms with E-state index in [9.17, 15) is 19.5 Å². The molecule has 5 heteroatoms. The topological polar surface area (TPSA) is 84.6 Å². The van der Waals surface area contributed by atoms with Crippen LogP contribution in [-0.4, -0.2) is 16.7 Å². The monoisotopic (exact) mass is 338 g/mol. The number of carbonyl (C=O) groups excluding carboxylic acids is 2. The van der Waals surface area contributed by atoms with Crippen molar-refractivity contribution in [3.63, 3.8) is 0 Å². The molecule has 0 aliphatic heterocycles. The molecule has 0 amide bonds. The number of hydrogen-bond donors (Lipinski definition) is 1. The Kier molecular flexibility index (Phi) is 5.84. The van der Waals surface area contributed by atoms with Crippen LogP contribution in [0.25, 0.3) is 11.0 Å². The third-order valence-corrected chi connectivity index (χ3v) is 3.37. The third kappa shape index (κ3) is 4.88. The molecule has 0 atom stereocenters. The van der Waals surface area contributed by atoms with E-state index >= 15 is 0 Å². The van der Waals surface area contributed by atoms with Gasteiger partial charge < -0.3 is 9.52 Å². The fraction of sp³-hybridized carbons (Fsp3) is 0.150. The standard InChI is InChI=1S/C10H10O3.C10H8O2/c1-7(11)6-10(13)8-4-2-3-5-9(8)12;1-7-6-9(11)8-4-2-3-5-10(8)12-7/h2-5,12H,6H2,1H3;2-6H,1H3. The molecular formula is C20H18O5. The average Bonchev–Trinajstić information content (AvgIpc) is 2.55. The molecule has 0 aliphatic carbocycles. The summed E-state index contributed by atoms with van der Waals surface area (Å²) in [4.78, 5) is 33.3. The summed E-state index contributed by atoms with van der Waals surface area (Å²) in [5.41, 5.74) is 0.884. The first-order valence-electron chi connectivity index (χ1n) is 7.68. The van der Waals surface area contributed by atoms with Crippen LogP contribution < -0.4 is 5.43 Å². The summed E-state index contributed by atoms with van der Waals surface area (Å²) in [7, 11) is 0. The molecule has 0 saturated heterocycles. The largest absolute Gasteiger partial charge is 0.507 e. The second-order valence-electron chi connectivity index (χ2n) is 5.54. The number of aromatic hydroxyl groups is 1. The third-order valence-electron chi connectivity index (χ3n) is 3.37. The van der Waals surface area contributed by atoms with Gasteiger partial charge in [0.25, 0.3) is 0 Å². The van der Waals surface area contributed by atoms with Gasteiger partial charge in [-0.05, 0) is 38.1 Å². The zero-order chi connectivity index (χ0) is 18.4. The van der Waals surface area contributed by atoms with E-state index in [1.54, 1.807) is 31.2 Å². The number of hydrogen-bond acceptors (Lipinski definition) is 5. The van der Waals surface area contributed by atoms with Gasteiger partial charge in [0.2, 0.25) is 0 Å². The molecule has 0 spiro atoms. The summed E-state index contributed by atoms with van der Waals surface area (Å²) in [5, 5.41) is 9.90. The Bertz CT molecular complexity index is 969. The Labute approximate surface area is 144 Å². The molecule has 2 aromatic carbocycles. The zero-order valence-corrected chi connectivity index (χ0v) is 14.0. The summed E-state index contributed by atoms with van der Waals surface area (Å²) >= 11 is 0. The van der Waals surface area contributed by atoms with E-state index in [-0.39, 0.29) is 34.7 Å². The number of Topliss-reactive ketones (excluding diaryl/α,β-unsaturated/α-hetero) is 2. The highest BCUT2D eigenvalue weighted by atomic mass is 16.3. The van der Waals surface area contributed by atoms with Gasteiger partial charge in [-0.15, -0.1) is 0 Å². The van der Waals surface area contributed by atoms with Gasteiger partial charge in [0.1, 0.15) is 22.9 Å². The summed E-state index contributed by atoms with van der Waals surface area (Å²) in [6, 6.07) is 14.9. The smallest absolute Gasteiger partial charge is 0.192 e. The number of phenols is 1. The Morgan fingerprint density at radius 1 is 1.04 bits per heavy atom. The zero-order valence-electron chi connectivity index (χ0n) is 14.0. The minimum Gasteiger partial charge on any atom is -0.507 e. The molecule has 1 N–H and O–H groups in total. The Hall–Kier alpha value is -3.21. The van der Waals surface area contributed by atoms with Crippen LogP contribution in [0.5, 0.6) is 5.75 Å². The van der Waals surface area contributed by atoms with Gasteiger partial charge in [-0.2, -0.15) is 0 Å². The van der Waals surface area contributed by atoms with Gasteiger partial charge in [-0.3, -0.25) is 14.4 Å². The molecule has 0 fully saturated rings. The van der Waals surface area contributed by atoms with Crippen molar-refractivity contribution in [3.8, 4) is 5.75 Å². The molecule has 0 unspecified atom stereocenters. The summed E-state index contributed by atoms with van der Waals surface area (Å²) in [6.45, 7) is 3.12. The maximum atomic E-state index is 11.3. The SMILES string of the molecule is CC(=O)CC(=O)c1ccccc1O.Cc1cc(=O)c2ccccc2o1. The van der Waals surface area contributed by atoms with E-state index in [1.807, 2.05) is 12.1 Å². The number of phenolic OH excluding ortho intramolecular Hbond substituents is 1. The molecule has 25 heavy (non-hydrogen) atoms. The summed E-state index contributed by atoms with van der Waals surface area (Å²) in [6.07, 6.45) is -0.155. The van der Waals surface area contributed by atoms with Crippen LogP contribution in [0.3, 0.4) is 0 Å². The molecule has 0 radical (unpaired) electrons. The minimum absolute atomic E-state index is 0.0225. The van der Waals surface area contributed by atoms with Crippen molar-refractivity contribution in [1.29, 1.82) is 0 Å². The van der Waals surface area contributed by atoms with E-state index in [4.69, 9.17) is 4.42 Å². The van der Waals surface area contributed by atoms with Gasteiger partial charge in [0.05, 0.1) is 17.4 Å². The highest BCUT2D eigenvalue weighted by molar-refractivity contribution is 6.08. The van der Waals surface area contributed by atoms with Gasteiger partial charge in [-0.25, -0.2) is 0 Å². The van der Waals surface area contributed by atoms with Crippen LogP contribution >= 0.6 is 0 Å². The van der Waals surface area contributed by atoms with E-state index in [2.05, 4.69) is 0 Å². The second-order valence-corrected chi connectivity index (χ2v) is 5.54. The number of aryl methyl sites for hydroxylation is 1. The number of rotatable bonds is 3. The lowest BCUT2D eigenvalue weighted by atomic mass is 10.1. The van der Waals surface area contributed by atoms with Crippen LogP contribution in [0.15, 0.2) is 63.8 Å².